The molecule has 0 saturated heterocycles. The highest BCUT2D eigenvalue weighted by molar-refractivity contribution is 7.98. The summed E-state index contributed by atoms with van der Waals surface area (Å²) in [6.07, 6.45) is 8.67. The predicted molar refractivity (Wildman–Crippen MR) is 53.9 cm³/mol. The zero-order valence-corrected chi connectivity index (χ0v) is 7.95. The molecule has 1 aliphatic carbocycles. The Morgan fingerprint density at radius 2 is 2.27 bits per heavy atom. The van der Waals surface area contributed by atoms with Crippen LogP contribution in [0.2, 0.25) is 0 Å². The minimum atomic E-state index is 0.565. The van der Waals surface area contributed by atoms with Crippen LogP contribution < -0.4 is 0 Å². The van der Waals surface area contributed by atoms with E-state index >= 15 is 0 Å². The second kappa shape index (κ2) is 3.82. The number of rotatable bonds is 2. The Balaban J connectivity index is 2.65. The molecule has 11 heavy (non-hydrogen) atoms. The lowest BCUT2D eigenvalue weighted by Gasteiger charge is -2.16. The molecule has 0 N–H and O–H groups in total. The molecule has 1 unspecified atom stereocenters. The molecule has 0 heterocycles. The fourth-order valence-electron chi connectivity index (χ4n) is 1.18. The van der Waals surface area contributed by atoms with Crippen molar-refractivity contribution >= 4 is 11.8 Å². The average Bonchev–Trinajstić information content (AvgIpc) is 1.98. The summed E-state index contributed by atoms with van der Waals surface area (Å²) < 4.78 is 0. The van der Waals surface area contributed by atoms with Gasteiger partial charge in [-0.15, -0.1) is 0 Å². The van der Waals surface area contributed by atoms with E-state index in [-0.39, 0.29) is 0 Å². The highest BCUT2D eigenvalue weighted by Crippen LogP contribution is 2.23. The third-order valence-corrected chi connectivity index (χ3v) is 2.54. The molecule has 0 nitrogen and oxygen atoms in total. The van der Waals surface area contributed by atoms with Gasteiger partial charge in [0.05, 0.1) is 0 Å². The SMILES string of the molecule is C=C1C=CC(C)=CC1CSC. The van der Waals surface area contributed by atoms with Crippen LogP contribution in [0, 0.1) is 5.92 Å². The van der Waals surface area contributed by atoms with Gasteiger partial charge in [-0.25, -0.2) is 0 Å². The van der Waals surface area contributed by atoms with Crippen molar-refractivity contribution in [2.45, 2.75) is 6.92 Å². The van der Waals surface area contributed by atoms with E-state index in [0.717, 1.165) is 5.75 Å². The first kappa shape index (κ1) is 8.66. The van der Waals surface area contributed by atoms with E-state index in [4.69, 9.17) is 0 Å². The van der Waals surface area contributed by atoms with Crippen molar-refractivity contribution in [2.24, 2.45) is 5.92 Å². The minimum Gasteiger partial charge on any atom is -0.164 e. The van der Waals surface area contributed by atoms with E-state index < -0.39 is 0 Å². The van der Waals surface area contributed by atoms with Gasteiger partial charge in [0.1, 0.15) is 0 Å². The number of thioether (sulfide) groups is 1. The Morgan fingerprint density at radius 3 is 2.91 bits per heavy atom. The molecule has 0 radical (unpaired) electrons. The lowest BCUT2D eigenvalue weighted by molar-refractivity contribution is 0.893. The number of hydrogen-bond acceptors (Lipinski definition) is 1. The Labute approximate surface area is 73.1 Å². The molecular weight excluding hydrogens is 152 g/mol. The topological polar surface area (TPSA) is 0 Å². The molecule has 0 aromatic carbocycles. The summed E-state index contributed by atoms with van der Waals surface area (Å²) in [4.78, 5) is 0. The van der Waals surface area contributed by atoms with Gasteiger partial charge in [-0.2, -0.15) is 11.8 Å². The Morgan fingerprint density at radius 1 is 1.55 bits per heavy atom. The van der Waals surface area contributed by atoms with Crippen molar-refractivity contribution in [3.8, 4) is 0 Å². The molecule has 0 amide bonds. The molecule has 0 aliphatic heterocycles. The van der Waals surface area contributed by atoms with Crippen LogP contribution in [0.4, 0.5) is 0 Å². The zero-order chi connectivity index (χ0) is 8.27. The standard InChI is InChI=1S/C10H14S/c1-8-4-5-9(2)10(6-8)7-11-3/h4-6,10H,2,7H2,1,3H3. The predicted octanol–water partition coefficient (Wildman–Crippen LogP) is 3.04. The maximum atomic E-state index is 4.00. The number of hydrogen-bond donors (Lipinski definition) is 0. The van der Waals surface area contributed by atoms with Crippen molar-refractivity contribution in [1.82, 2.24) is 0 Å². The summed E-state index contributed by atoms with van der Waals surface area (Å²) in [7, 11) is 0. The molecule has 0 bridgehead atoms. The van der Waals surface area contributed by atoms with Gasteiger partial charge in [0, 0.05) is 11.7 Å². The summed E-state index contributed by atoms with van der Waals surface area (Å²) in [5.74, 6) is 1.72. The van der Waals surface area contributed by atoms with E-state index in [9.17, 15) is 0 Å². The summed E-state index contributed by atoms with van der Waals surface area (Å²) in [5, 5.41) is 0. The van der Waals surface area contributed by atoms with E-state index in [1.54, 1.807) is 0 Å². The van der Waals surface area contributed by atoms with Crippen molar-refractivity contribution < 1.29 is 0 Å². The van der Waals surface area contributed by atoms with E-state index in [1.165, 1.54) is 11.1 Å². The zero-order valence-electron chi connectivity index (χ0n) is 7.13. The largest absolute Gasteiger partial charge is 0.164 e. The van der Waals surface area contributed by atoms with Gasteiger partial charge in [-0.05, 0) is 18.8 Å². The van der Waals surface area contributed by atoms with Gasteiger partial charge in [-0.1, -0.05) is 30.4 Å². The third-order valence-electron chi connectivity index (χ3n) is 1.85. The quantitative estimate of drug-likeness (QED) is 0.607. The van der Waals surface area contributed by atoms with E-state index in [2.05, 4.69) is 38.0 Å². The average molecular weight is 166 g/mol. The van der Waals surface area contributed by atoms with Crippen LogP contribution in [-0.4, -0.2) is 12.0 Å². The molecule has 0 aromatic rings. The Bertz CT molecular complexity index is 211. The lowest BCUT2D eigenvalue weighted by atomic mass is 9.94. The van der Waals surface area contributed by atoms with Gasteiger partial charge in [0.25, 0.3) is 0 Å². The first-order valence-corrected chi connectivity index (χ1v) is 5.17. The Kier molecular flexibility index (Phi) is 3.01. The normalized spacial score (nSPS) is 23.6. The van der Waals surface area contributed by atoms with E-state index in [1.807, 2.05) is 11.8 Å². The second-order valence-electron chi connectivity index (χ2n) is 2.88. The maximum Gasteiger partial charge on any atom is 0.0108 e. The van der Waals surface area contributed by atoms with Crippen LogP contribution >= 0.6 is 11.8 Å². The van der Waals surface area contributed by atoms with Crippen LogP contribution in [0.3, 0.4) is 0 Å². The Hall–Kier alpha value is -0.430. The molecule has 0 saturated carbocycles. The van der Waals surface area contributed by atoms with Crippen LogP contribution in [-0.2, 0) is 0 Å². The third kappa shape index (κ3) is 2.26. The van der Waals surface area contributed by atoms with Gasteiger partial charge in [0.2, 0.25) is 0 Å². The molecule has 1 atom stereocenters. The summed E-state index contributed by atoms with van der Waals surface area (Å²) in [6, 6.07) is 0. The van der Waals surface area contributed by atoms with Gasteiger partial charge < -0.3 is 0 Å². The van der Waals surface area contributed by atoms with Crippen molar-refractivity contribution in [1.29, 1.82) is 0 Å². The lowest BCUT2D eigenvalue weighted by Crippen LogP contribution is -2.05. The summed E-state index contributed by atoms with van der Waals surface area (Å²) in [5.41, 5.74) is 2.60. The summed E-state index contributed by atoms with van der Waals surface area (Å²) in [6.45, 7) is 6.14. The fraction of sp³-hybridized carbons (Fsp3) is 0.400. The molecule has 0 aromatic heterocycles. The second-order valence-corrected chi connectivity index (χ2v) is 3.79. The molecular formula is C10H14S. The molecule has 1 aliphatic rings. The van der Waals surface area contributed by atoms with Gasteiger partial charge in [0.15, 0.2) is 0 Å². The molecule has 1 rings (SSSR count). The van der Waals surface area contributed by atoms with Crippen LogP contribution in [0.15, 0.2) is 36.0 Å². The van der Waals surface area contributed by atoms with E-state index in [0.29, 0.717) is 5.92 Å². The van der Waals surface area contributed by atoms with Crippen molar-refractivity contribution in [2.75, 3.05) is 12.0 Å². The molecule has 60 valence electrons. The smallest absolute Gasteiger partial charge is 0.0108 e. The van der Waals surface area contributed by atoms with Gasteiger partial charge >= 0.3 is 0 Å². The summed E-state index contributed by atoms with van der Waals surface area (Å²) >= 11 is 1.87. The van der Waals surface area contributed by atoms with Gasteiger partial charge in [-0.3, -0.25) is 0 Å². The van der Waals surface area contributed by atoms with Crippen molar-refractivity contribution in [3.63, 3.8) is 0 Å². The van der Waals surface area contributed by atoms with Crippen LogP contribution in [0.5, 0.6) is 0 Å². The first-order valence-electron chi connectivity index (χ1n) is 3.78. The highest BCUT2D eigenvalue weighted by Gasteiger charge is 2.09. The number of allylic oxidation sites excluding steroid dienone is 5. The highest BCUT2D eigenvalue weighted by atomic mass is 32.2. The molecule has 1 heteroatoms. The minimum absolute atomic E-state index is 0.565. The van der Waals surface area contributed by atoms with Crippen LogP contribution in [0.25, 0.3) is 0 Å². The molecule has 0 spiro atoms. The monoisotopic (exact) mass is 166 g/mol. The van der Waals surface area contributed by atoms with Crippen LogP contribution in [0.1, 0.15) is 6.92 Å². The maximum absolute atomic E-state index is 4.00. The fourth-order valence-corrected chi connectivity index (χ4v) is 1.85. The molecule has 0 fully saturated rings. The first-order chi connectivity index (χ1) is 5.24. The van der Waals surface area contributed by atoms with Crippen molar-refractivity contribution in [3.05, 3.63) is 36.0 Å².